The lowest BCUT2D eigenvalue weighted by molar-refractivity contribution is 0.629. The van der Waals surface area contributed by atoms with Crippen LogP contribution >= 0.6 is 11.3 Å². The van der Waals surface area contributed by atoms with Gasteiger partial charge in [0.15, 0.2) is 0 Å². The Bertz CT molecular complexity index is 731. The predicted molar refractivity (Wildman–Crippen MR) is 74.7 cm³/mol. The summed E-state index contributed by atoms with van der Waals surface area (Å²) in [5.41, 5.74) is 8.37. The molecule has 0 aliphatic carbocycles. The lowest BCUT2D eigenvalue weighted by Crippen LogP contribution is -2.05. The second-order valence-corrected chi connectivity index (χ2v) is 5.42. The van der Waals surface area contributed by atoms with Crippen LogP contribution in [0.15, 0.2) is 23.6 Å². The molecule has 0 fully saturated rings. The Morgan fingerprint density at radius 3 is 2.95 bits per heavy atom. The Kier molecular flexibility index (Phi) is 2.94. The molecular formula is C13H13FN4S. The van der Waals surface area contributed by atoms with Crippen molar-refractivity contribution in [2.24, 2.45) is 0 Å². The number of fused-ring (bicyclic) bond motifs is 1. The molecule has 0 saturated heterocycles. The monoisotopic (exact) mass is 276 g/mol. The maximum absolute atomic E-state index is 13.1. The molecule has 0 aliphatic rings. The summed E-state index contributed by atoms with van der Waals surface area (Å²) in [6.07, 6.45) is 0.789. The van der Waals surface area contributed by atoms with Crippen LogP contribution in [-0.4, -0.2) is 14.5 Å². The third-order valence-electron chi connectivity index (χ3n) is 3.00. The minimum Gasteiger partial charge on any atom is -0.369 e. The number of benzene rings is 1. The molecule has 1 aromatic carbocycles. The Morgan fingerprint density at radius 1 is 1.37 bits per heavy atom. The third kappa shape index (κ3) is 2.31. The van der Waals surface area contributed by atoms with Crippen molar-refractivity contribution in [1.29, 1.82) is 0 Å². The molecule has 0 amide bonds. The van der Waals surface area contributed by atoms with Crippen LogP contribution in [0, 0.1) is 12.7 Å². The highest BCUT2D eigenvalue weighted by Crippen LogP contribution is 2.19. The smallest absolute Gasteiger partial charge is 0.201 e. The van der Waals surface area contributed by atoms with Crippen LogP contribution in [0.3, 0.4) is 0 Å². The van der Waals surface area contributed by atoms with E-state index in [4.69, 9.17) is 5.73 Å². The summed E-state index contributed by atoms with van der Waals surface area (Å²) in [5.74, 6) is 0.111. The molecule has 2 heterocycles. The van der Waals surface area contributed by atoms with E-state index in [0.717, 1.165) is 22.6 Å². The number of hydrogen-bond donors (Lipinski definition) is 1. The van der Waals surface area contributed by atoms with Gasteiger partial charge in [-0.25, -0.2) is 14.4 Å². The lowest BCUT2D eigenvalue weighted by atomic mass is 10.3. The van der Waals surface area contributed by atoms with Crippen molar-refractivity contribution < 1.29 is 4.39 Å². The fraction of sp³-hybridized carbons (Fsp3) is 0.231. The zero-order valence-electron chi connectivity index (χ0n) is 10.4. The Morgan fingerprint density at radius 2 is 2.21 bits per heavy atom. The second-order valence-electron chi connectivity index (χ2n) is 4.36. The molecule has 0 atom stereocenters. The van der Waals surface area contributed by atoms with E-state index >= 15 is 0 Å². The molecule has 0 saturated carbocycles. The fourth-order valence-corrected chi connectivity index (χ4v) is 2.75. The Labute approximate surface area is 113 Å². The molecule has 19 heavy (non-hydrogen) atoms. The van der Waals surface area contributed by atoms with Crippen LogP contribution in [-0.2, 0) is 13.0 Å². The van der Waals surface area contributed by atoms with Crippen molar-refractivity contribution in [2.45, 2.75) is 19.9 Å². The summed E-state index contributed by atoms with van der Waals surface area (Å²) in [6, 6.07) is 4.53. The van der Waals surface area contributed by atoms with Crippen LogP contribution in [0.2, 0.25) is 0 Å². The van der Waals surface area contributed by atoms with E-state index in [1.54, 1.807) is 17.4 Å². The van der Waals surface area contributed by atoms with Crippen LogP contribution in [0.4, 0.5) is 10.3 Å². The van der Waals surface area contributed by atoms with Crippen LogP contribution < -0.4 is 5.73 Å². The zero-order valence-corrected chi connectivity index (χ0v) is 11.2. The first-order valence-electron chi connectivity index (χ1n) is 5.96. The number of imidazole rings is 1. The van der Waals surface area contributed by atoms with Crippen molar-refractivity contribution in [2.75, 3.05) is 5.73 Å². The lowest BCUT2D eigenvalue weighted by Gasteiger charge is -2.04. The van der Waals surface area contributed by atoms with E-state index in [0.29, 0.717) is 18.0 Å². The van der Waals surface area contributed by atoms with Gasteiger partial charge in [0.25, 0.3) is 0 Å². The first-order chi connectivity index (χ1) is 9.13. The molecular weight excluding hydrogens is 263 g/mol. The number of anilines is 1. The van der Waals surface area contributed by atoms with Crippen molar-refractivity contribution in [3.63, 3.8) is 0 Å². The average Bonchev–Trinajstić information content (AvgIpc) is 2.89. The van der Waals surface area contributed by atoms with Gasteiger partial charge in [0, 0.05) is 24.4 Å². The number of rotatable bonds is 3. The molecule has 2 aromatic heterocycles. The minimum absolute atomic E-state index is 0.299. The van der Waals surface area contributed by atoms with Crippen molar-refractivity contribution in [3.8, 4) is 0 Å². The maximum Gasteiger partial charge on any atom is 0.201 e. The van der Waals surface area contributed by atoms with Gasteiger partial charge in [-0.3, -0.25) is 0 Å². The topological polar surface area (TPSA) is 56.7 Å². The van der Waals surface area contributed by atoms with Crippen LogP contribution in [0.1, 0.15) is 10.7 Å². The van der Waals surface area contributed by atoms with Gasteiger partial charge < -0.3 is 10.3 Å². The fourth-order valence-electron chi connectivity index (χ4n) is 2.11. The van der Waals surface area contributed by atoms with E-state index in [2.05, 4.69) is 9.97 Å². The highest BCUT2D eigenvalue weighted by molar-refractivity contribution is 7.09. The zero-order chi connectivity index (χ0) is 13.4. The van der Waals surface area contributed by atoms with Gasteiger partial charge in [-0.15, -0.1) is 11.3 Å². The van der Waals surface area contributed by atoms with E-state index in [1.165, 1.54) is 12.1 Å². The first-order valence-corrected chi connectivity index (χ1v) is 6.84. The quantitative estimate of drug-likeness (QED) is 0.800. The number of halogens is 1. The normalized spacial score (nSPS) is 11.3. The maximum atomic E-state index is 13.1. The number of nitrogens with two attached hydrogens (primary N) is 1. The standard InChI is InChI=1S/C13H13FN4S/c1-8-16-10(7-19-8)4-5-18-12-3-2-9(14)6-11(12)17-13(18)15/h2-3,6-7H,4-5H2,1H3,(H2,15,17). The summed E-state index contributed by atoms with van der Waals surface area (Å²) in [5, 5.41) is 3.10. The summed E-state index contributed by atoms with van der Waals surface area (Å²) < 4.78 is 15.0. The molecule has 0 unspecified atom stereocenters. The van der Waals surface area contributed by atoms with Gasteiger partial charge in [-0.1, -0.05) is 0 Å². The molecule has 0 aliphatic heterocycles. The minimum atomic E-state index is -0.299. The largest absolute Gasteiger partial charge is 0.369 e. The van der Waals surface area contributed by atoms with Gasteiger partial charge in [0.2, 0.25) is 5.95 Å². The second kappa shape index (κ2) is 4.62. The molecule has 98 valence electrons. The van der Waals surface area contributed by atoms with Gasteiger partial charge in [0.05, 0.1) is 21.7 Å². The summed E-state index contributed by atoms with van der Waals surface area (Å²) in [4.78, 5) is 8.59. The van der Waals surface area contributed by atoms with Crippen LogP contribution in [0.25, 0.3) is 11.0 Å². The van der Waals surface area contributed by atoms with Crippen LogP contribution in [0.5, 0.6) is 0 Å². The Balaban J connectivity index is 1.90. The predicted octanol–water partition coefficient (Wildman–Crippen LogP) is 2.77. The van der Waals surface area contributed by atoms with Crippen molar-refractivity contribution >= 4 is 28.3 Å². The molecule has 6 heteroatoms. The molecule has 4 nitrogen and oxygen atoms in total. The number of hydrogen-bond acceptors (Lipinski definition) is 4. The highest BCUT2D eigenvalue weighted by atomic mass is 32.1. The summed E-state index contributed by atoms with van der Waals surface area (Å²) >= 11 is 1.63. The molecule has 3 rings (SSSR count). The van der Waals surface area contributed by atoms with E-state index in [9.17, 15) is 4.39 Å². The highest BCUT2D eigenvalue weighted by Gasteiger charge is 2.09. The summed E-state index contributed by atoms with van der Waals surface area (Å²) in [6.45, 7) is 2.68. The molecule has 0 radical (unpaired) electrons. The van der Waals surface area contributed by atoms with E-state index < -0.39 is 0 Å². The number of thiazole rings is 1. The number of aryl methyl sites for hydroxylation is 3. The van der Waals surface area contributed by atoms with E-state index in [-0.39, 0.29) is 5.82 Å². The number of nitrogens with zero attached hydrogens (tertiary/aromatic N) is 3. The van der Waals surface area contributed by atoms with Gasteiger partial charge in [0.1, 0.15) is 5.82 Å². The molecule has 3 aromatic rings. The number of nitrogen functional groups attached to an aromatic ring is 1. The van der Waals surface area contributed by atoms with Crippen molar-refractivity contribution in [1.82, 2.24) is 14.5 Å². The molecule has 0 bridgehead atoms. The molecule has 2 N–H and O–H groups in total. The average molecular weight is 276 g/mol. The van der Waals surface area contributed by atoms with Crippen molar-refractivity contribution in [3.05, 3.63) is 40.1 Å². The van der Waals surface area contributed by atoms with Gasteiger partial charge in [-0.2, -0.15) is 0 Å². The SMILES string of the molecule is Cc1nc(CCn2c(N)nc3cc(F)ccc32)cs1. The van der Waals surface area contributed by atoms with Gasteiger partial charge >= 0.3 is 0 Å². The van der Waals surface area contributed by atoms with Gasteiger partial charge in [-0.05, 0) is 19.1 Å². The third-order valence-corrected chi connectivity index (χ3v) is 3.82. The number of aromatic nitrogens is 3. The summed E-state index contributed by atoms with van der Waals surface area (Å²) in [7, 11) is 0. The Hall–Kier alpha value is -1.95. The molecule has 0 spiro atoms. The van der Waals surface area contributed by atoms with E-state index in [1.807, 2.05) is 16.9 Å². The first kappa shape index (κ1) is 12.1.